The Balaban J connectivity index is 2.02. The number of hydrogen-bond acceptors (Lipinski definition) is 6. The number of rotatable bonds is 4. The molecule has 0 bridgehead atoms. The molecular formula is C17H15ClN4O3S. The molecule has 2 heterocycles. The predicted molar refractivity (Wildman–Crippen MR) is 99.2 cm³/mol. The van der Waals surface area contributed by atoms with Gasteiger partial charge in [0.1, 0.15) is 0 Å². The SMILES string of the molecule is CCS(=O)(=O)c1ncc(Cl)c(C(=O)Nc2cccc3ccc(C)nc23)n1. The maximum absolute atomic E-state index is 12.6. The average Bonchev–Trinajstić information content (AvgIpc) is 2.62. The minimum atomic E-state index is -3.66. The third kappa shape index (κ3) is 3.51. The minimum absolute atomic E-state index is 0.0399. The molecule has 7 nitrogen and oxygen atoms in total. The number of nitrogens with zero attached hydrogens (tertiary/aromatic N) is 3. The van der Waals surface area contributed by atoms with Crippen LogP contribution >= 0.6 is 11.6 Å². The number of amides is 1. The summed E-state index contributed by atoms with van der Waals surface area (Å²) in [5, 5.41) is 3.08. The van der Waals surface area contributed by atoms with E-state index in [9.17, 15) is 13.2 Å². The van der Waals surface area contributed by atoms with Crippen molar-refractivity contribution in [2.24, 2.45) is 0 Å². The summed E-state index contributed by atoms with van der Waals surface area (Å²) in [7, 11) is -3.66. The lowest BCUT2D eigenvalue weighted by atomic mass is 10.1. The fraction of sp³-hybridized carbons (Fsp3) is 0.176. The molecule has 0 atom stereocenters. The van der Waals surface area contributed by atoms with E-state index in [1.54, 1.807) is 12.1 Å². The molecule has 0 saturated carbocycles. The van der Waals surface area contributed by atoms with Gasteiger partial charge in [-0.3, -0.25) is 9.78 Å². The predicted octanol–water partition coefficient (Wildman–Crippen LogP) is 3.03. The number of carbonyl (C=O) groups excluding carboxylic acids is 1. The van der Waals surface area contributed by atoms with Crippen LogP contribution in [0, 0.1) is 6.92 Å². The number of benzene rings is 1. The summed E-state index contributed by atoms with van der Waals surface area (Å²) >= 11 is 6.00. The van der Waals surface area contributed by atoms with Crippen LogP contribution in [0.15, 0.2) is 41.7 Å². The fourth-order valence-corrected chi connectivity index (χ4v) is 3.19. The molecule has 0 unspecified atom stereocenters. The highest BCUT2D eigenvalue weighted by atomic mass is 35.5. The van der Waals surface area contributed by atoms with Crippen molar-refractivity contribution in [3.05, 3.63) is 52.9 Å². The third-order valence-corrected chi connectivity index (χ3v) is 5.49. The van der Waals surface area contributed by atoms with Crippen molar-refractivity contribution < 1.29 is 13.2 Å². The Morgan fingerprint density at radius 2 is 1.96 bits per heavy atom. The number of hydrogen-bond donors (Lipinski definition) is 1. The van der Waals surface area contributed by atoms with Gasteiger partial charge in [0.15, 0.2) is 5.69 Å². The molecule has 3 aromatic rings. The van der Waals surface area contributed by atoms with E-state index in [1.165, 1.54) is 6.92 Å². The first kappa shape index (κ1) is 18.2. The van der Waals surface area contributed by atoms with Gasteiger partial charge in [0.05, 0.1) is 28.2 Å². The summed E-state index contributed by atoms with van der Waals surface area (Å²) < 4.78 is 23.9. The number of anilines is 1. The van der Waals surface area contributed by atoms with E-state index in [2.05, 4.69) is 20.3 Å². The highest BCUT2D eigenvalue weighted by Gasteiger charge is 2.21. The largest absolute Gasteiger partial charge is 0.319 e. The first-order chi connectivity index (χ1) is 12.3. The fourth-order valence-electron chi connectivity index (χ4n) is 2.32. The van der Waals surface area contributed by atoms with Gasteiger partial charge in [-0.25, -0.2) is 18.4 Å². The van der Waals surface area contributed by atoms with Gasteiger partial charge in [0.25, 0.3) is 5.91 Å². The normalized spacial score (nSPS) is 11.5. The number of aromatic nitrogens is 3. The number of pyridine rings is 1. The number of sulfone groups is 1. The Hall–Kier alpha value is -2.58. The molecule has 0 aliphatic heterocycles. The van der Waals surface area contributed by atoms with Crippen LogP contribution in [0.25, 0.3) is 10.9 Å². The Morgan fingerprint density at radius 3 is 2.69 bits per heavy atom. The van der Waals surface area contributed by atoms with E-state index in [4.69, 9.17) is 11.6 Å². The van der Waals surface area contributed by atoms with Crippen molar-refractivity contribution in [1.82, 2.24) is 15.0 Å². The zero-order chi connectivity index (χ0) is 18.9. The standard InChI is InChI=1S/C17H15ClN4O3S/c1-3-26(24,25)17-19-9-12(18)15(22-17)16(23)21-13-6-4-5-11-8-7-10(2)20-14(11)13/h4-9H,3H2,1-2H3,(H,21,23). The summed E-state index contributed by atoms with van der Waals surface area (Å²) in [6, 6.07) is 9.13. The van der Waals surface area contributed by atoms with E-state index < -0.39 is 20.9 Å². The summed E-state index contributed by atoms with van der Waals surface area (Å²) in [6.07, 6.45) is 1.11. The highest BCUT2D eigenvalue weighted by Crippen LogP contribution is 2.23. The van der Waals surface area contributed by atoms with Crippen molar-refractivity contribution in [3.8, 4) is 0 Å². The smallest absolute Gasteiger partial charge is 0.276 e. The van der Waals surface area contributed by atoms with Crippen LogP contribution < -0.4 is 5.32 Å². The number of halogens is 1. The van der Waals surface area contributed by atoms with E-state index >= 15 is 0 Å². The zero-order valence-electron chi connectivity index (χ0n) is 14.0. The molecular weight excluding hydrogens is 376 g/mol. The van der Waals surface area contributed by atoms with Gasteiger partial charge >= 0.3 is 0 Å². The van der Waals surface area contributed by atoms with Crippen molar-refractivity contribution in [2.75, 3.05) is 11.1 Å². The van der Waals surface area contributed by atoms with Crippen LogP contribution in [-0.2, 0) is 9.84 Å². The lowest BCUT2D eigenvalue weighted by Crippen LogP contribution is -2.18. The average molecular weight is 391 g/mol. The summed E-state index contributed by atoms with van der Waals surface area (Å²) in [5.74, 6) is -0.817. The maximum Gasteiger partial charge on any atom is 0.276 e. The monoisotopic (exact) mass is 390 g/mol. The van der Waals surface area contributed by atoms with Crippen LogP contribution in [0.2, 0.25) is 5.02 Å². The molecule has 0 radical (unpaired) electrons. The Bertz CT molecular complexity index is 1120. The van der Waals surface area contributed by atoms with Crippen molar-refractivity contribution in [3.63, 3.8) is 0 Å². The maximum atomic E-state index is 12.6. The first-order valence-electron chi connectivity index (χ1n) is 7.75. The number of fused-ring (bicyclic) bond motifs is 1. The van der Waals surface area contributed by atoms with Crippen LogP contribution in [0.1, 0.15) is 23.1 Å². The zero-order valence-corrected chi connectivity index (χ0v) is 15.6. The molecule has 26 heavy (non-hydrogen) atoms. The molecule has 3 rings (SSSR count). The molecule has 0 aliphatic carbocycles. The molecule has 1 N–H and O–H groups in total. The Morgan fingerprint density at radius 1 is 1.19 bits per heavy atom. The molecule has 2 aromatic heterocycles. The molecule has 0 aliphatic rings. The lowest BCUT2D eigenvalue weighted by molar-refractivity contribution is 0.102. The second-order valence-corrected chi connectivity index (χ2v) is 8.12. The summed E-state index contributed by atoms with van der Waals surface area (Å²) in [6.45, 7) is 3.32. The van der Waals surface area contributed by atoms with Gasteiger partial charge in [-0.1, -0.05) is 36.7 Å². The van der Waals surface area contributed by atoms with Crippen molar-refractivity contribution in [1.29, 1.82) is 0 Å². The van der Waals surface area contributed by atoms with Gasteiger partial charge < -0.3 is 5.32 Å². The number of carbonyl (C=O) groups is 1. The topological polar surface area (TPSA) is 102 Å². The van der Waals surface area contributed by atoms with E-state index in [-0.39, 0.29) is 16.5 Å². The Kier molecular flexibility index (Phi) is 4.88. The number of nitrogens with one attached hydrogen (secondary N) is 1. The summed E-state index contributed by atoms with van der Waals surface area (Å²) in [4.78, 5) is 24.6. The van der Waals surface area contributed by atoms with Gasteiger partial charge in [0, 0.05) is 11.1 Å². The van der Waals surface area contributed by atoms with Crippen LogP contribution in [-0.4, -0.2) is 35.0 Å². The van der Waals surface area contributed by atoms with Gasteiger partial charge in [-0.05, 0) is 19.1 Å². The molecule has 0 spiro atoms. The molecule has 0 saturated heterocycles. The van der Waals surface area contributed by atoms with Crippen LogP contribution in [0.3, 0.4) is 0 Å². The van der Waals surface area contributed by atoms with Gasteiger partial charge in [-0.2, -0.15) is 0 Å². The van der Waals surface area contributed by atoms with Crippen LogP contribution in [0.5, 0.6) is 0 Å². The molecule has 1 amide bonds. The van der Waals surface area contributed by atoms with E-state index in [0.717, 1.165) is 17.3 Å². The summed E-state index contributed by atoms with van der Waals surface area (Å²) in [5.41, 5.74) is 1.69. The third-order valence-electron chi connectivity index (χ3n) is 3.70. The van der Waals surface area contributed by atoms with E-state index in [0.29, 0.717) is 11.2 Å². The van der Waals surface area contributed by atoms with E-state index in [1.807, 2.05) is 25.1 Å². The second-order valence-electron chi connectivity index (χ2n) is 5.54. The van der Waals surface area contributed by atoms with Crippen LogP contribution in [0.4, 0.5) is 5.69 Å². The van der Waals surface area contributed by atoms with Crippen molar-refractivity contribution in [2.45, 2.75) is 19.0 Å². The molecule has 1 aromatic carbocycles. The highest BCUT2D eigenvalue weighted by molar-refractivity contribution is 7.91. The van der Waals surface area contributed by atoms with Gasteiger partial charge in [-0.15, -0.1) is 0 Å². The number of para-hydroxylation sites is 1. The minimum Gasteiger partial charge on any atom is -0.319 e. The van der Waals surface area contributed by atoms with Gasteiger partial charge in [0.2, 0.25) is 15.0 Å². The second kappa shape index (κ2) is 6.97. The quantitative estimate of drug-likeness (QED) is 0.687. The molecule has 9 heteroatoms. The first-order valence-corrected chi connectivity index (χ1v) is 9.78. The number of aryl methyl sites for hydroxylation is 1. The lowest BCUT2D eigenvalue weighted by Gasteiger charge is -2.10. The Labute approximate surface area is 155 Å². The molecule has 134 valence electrons. The van der Waals surface area contributed by atoms with Crippen molar-refractivity contribution >= 4 is 43.9 Å². The molecule has 0 fully saturated rings.